The first-order valence-corrected chi connectivity index (χ1v) is 3.08. The van der Waals surface area contributed by atoms with Gasteiger partial charge < -0.3 is 10.8 Å². The van der Waals surface area contributed by atoms with Crippen molar-refractivity contribution in [1.29, 1.82) is 0 Å². The molecule has 1 aliphatic heterocycles. The van der Waals surface area contributed by atoms with Gasteiger partial charge in [0.15, 0.2) is 5.66 Å². The van der Waals surface area contributed by atoms with Crippen molar-refractivity contribution in [3.05, 3.63) is 0 Å². The third-order valence-corrected chi connectivity index (χ3v) is 1.44. The van der Waals surface area contributed by atoms with Crippen molar-refractivity contribution in [3.8, 4) is 0 Å². The van der Waals surface area contributed by atoms with Gasteiger partial charge in [0.05, 0.1) is 0 Å². The van der Waals surface area contributed by atoms with Gasteiger partial charge in [-0.2, -0.15) is 10.2 Å². The summed E-state index contributed by atoms with van der Waals surface area (Å²) < 4.78 is 0. The van der Waals surface area contributed by atoms with E-state index in [0.29, 0.717) is 13.0 Å². The predicted molar refractivity (Wildman–Crippen MR) is 33.0 cm³/mol. The monoisotopic (exact) mass is 129 g/mol. The Morgan fingerprint density at radius 1 is 1.33 bits per heavy atom. The number of aliphatic hydroxyl groups excluding tert-OH is 1. The van der Waals surface area contributed by atoms with Crippen LogP contribution >= 0.6 is 0 Å². The maximum atomic E-state index is 8.51. The summed E-state index contributed by atoms with van der Waals surface area (Å²) in [5.41, 5.74) is 5.01. The van der Waals surface area contributed by atoms with E-state index in [2.05, 4.69) is 10.2 Å². The first-order valence-electron chi connectivity index (χ1n) is 3.08. The molecule has 52 valence electrons. The molecule has 0 aromatic heterocycles. The summed E-state index contributed by atoms with van der Waals surface area (Å²) in [6.45, 7) is 0.736. The van der Waals surface area contributed by atoms with Crippen LogP contribution in [0.25, 0.3) is 0 Å². The van der Waals surface area contributed by atoms with Crippen LogP contribution < -0.4 is 5.73 Å². The van der Waals surface area contributed by atoms with Crippen molar-refractivity contribution in [2.75, 3.05) is 13.2 Å². The molecule has 3 N–H and O–H groups in total. The molecule has 1 rings (SSSR count). The van der Waals surface area contributed by atoms with Crippen LogP contribution in [-0.4, -0.2) is 23.9 Å². The van der Waals surface area contributed by atoms with Gasteiger partial charge in [-0.15, -0.1) is 0 Å². The Labute approximate surface area is 53.8 Å². The second kappa shape index (κ2) is 2.41. The molecule has 1 aliphatic rings. The standard InChI is InChI=1S/C5H11N3O/c6-3-1-5(2-4-9)7-8-5/h9H,1-4,6H2. The van der Waals surface area contributed by atoms with Gasteiger partial charge in [-0.05, 0) is 6.54 Å². The topological polar surface area (TPSA) is 71.0 Å². The smallest absolute Gasteiger partial charge is 0.194 e. The molecule has 4 nitrogen and oxygen atoms in total. The Morgan fingerprint density at radius 2 is 2.00 bits per heavy atom. The van der Waals surface area contributed by atoms with E-state index in [0.717, 1.165) is 6.42 Å². The lowest BCUT2D eigenvalue weighted by molar-refractivity contribution is 0.263. The first-order chi connectivity index (χ1) is 4.33. The van der Waals surface area contributed by atoms with Crippen LogP contribution in [0, 0.1) is 0 Å². The maximum Gasteiger partial charge on any atom is 0.194 e. The molecule has 0 unspecified atom stereocenters. The first kappa shape index (κ1) is 6.64. The van der Waals surface area contributed by atoms with E-state index >= 15 is 0 Å². The van der Waals surface area contributed by atoms with Crippen molar-refractivity contribution in [3.63, 3.8) is 0 Å². The summed E-state index contributed by atoms with van der Waals surface area (Å²) in [5, 5.41) is 16.1. The van der Waals surface area contributed by atoms with Gasteiger partial charge in [0, 0.05) is 19.4 Å². The summed E-state index contributed by atoms with van der Waals surface area (Å²) >= 11 is 0. The molecule has 0 saturated carbocycles. The van der Waals surface area contributed by atoms with E-state index in [9.17, 15) is 0 Å². The van der Waals surface area contributed by atoms with Crippen LogP contribution in [0.3, 0.4) is 0 Å². The van der Waals surface area contributed by atoms with Gasteiger partial charge in [-0.3, -0.25) is 0 Å². The van der Waals surface area contributed by atoms with Gasteiger partial charge in [0.2, 0.25) is 0 Å². The largest absolute Gasteiger partial charge is 0.396 e. The molecule has 0 aromatic rings. The minimum atomic E-state index is -0.274. The Morgan fingerprint density at radius 3 is 2.33 bits per heavy atom. The zero-order chi connectivity index (χ0) is 6.74. The molecule has 0 atom stereocenters. The SMILES string of the molecule is NCCC1(CCO)N=N1. The fourth-order valence-electron chi connectivity index (χ4n) is 0.806. The average Bonchev–Trinajstić information content (AvgIpc) is 2.51. The van der Waals surface area contributed by atoms with Crippen LogP contribution in [0.1, 0.15) is 12.8 Å². The van der Waals surface area contributed by atoms with E-state index in [1.807, 2.05) is 0 Å². The summed E-state index contributed by atoms with van der Waals surface area (Å²) in [5.74, 6) is 0. The molecule has 0 bridgehead atoms. The van der Waals surface area contributed by atoms with Gasteiger partial charge in [-0.1, -0.05) is 0 Å². The minimum Gasteiger partial charge on any atom is -0.396 e. The molecule has 4 heteroatoms. The third-order valence-electron chi connectivity index (χ3n) is 1.44. The van der Waals surface area contributed by atoms with Crippen molar-refractivity contribution in [2.45, 2.75) is 18.5 Å². The van der Waals surface area contributed by atoms with Crippen LogP contribution in [0.15, 0.2) is 10.2 Å². The van der Waals surface area contributed by atoms with E-state index < -0.39 is 0 Å². The molecular formula is C5H11N3O. The van der Waals surface area contributed by atoms with Crippen LogP contribution in [-0.2, 0) is 0 Å². The van der Waals surface area contributed by atoms with E-state index in [1.165, 1.54) is 0 Å². The van der Waals surface area contributed by atoms with Crippen molar-refractivity contribution >= 4 is 0 Å². The number of nitrogens with two attached hydrogens (primary N) is 1. The minimum absolute atomic E-state index is 0.146. The lowest BCUT2D eigenvalue weighted by atomic mass is 10.1. The highest BCUT2D eigenvalue weighted by Crippen LogP contribution is 2.34. The second-order valence-corrected chi connectivity index (χ2v) is 2.19. The highest BCUT2D eigenvalue weighted by Gasteiger charge is 2.37. The fourth-order valence-corrected chi connectivity index (χ4v) is 0.806. The Balaban J connectivity index is 2.18. The number of rotatable bonds is 4. The van der Waals surface area contributed by atoms with Crippen molar-refractivity contribution < 1.29 is 5.11 Å². The summed E-state index contributed by atoms with van der Waals surface area (Å²) in [6, 6.07) is 0. The highest BCUT2D eigenvalue weighted by atomic mass is 16.3. The third kappa shape index (κ3) is 1.46. The highest BCUT2D eigenvalue weighted by molar-refractivity contribution is 4.92. The lowest BCUT2D eigenvalue weighted by Gasteiger charge is -2.04. The summed E-state index contributed by atoms with van der Waals surface area (Å²) in [4.78, 5) is 0. The quantitative estimate of drug-likeness (QED) is 0.555. The summed E-state index contributed by atoms with van der Waals surface area (Å²) in [6.07, 6.45) is 1.40. The molecule has 9 heavy (non-hydrogen) atoms. The van der Waals surface area contributed by atoms with E-state index in [-0.39, 0.29) is 12.3 Å². The number of hydrogen-bond acceptors (Lipinski definition) is 4. The van der Waals surface area contributed by atoms with Crippen LogP contribution in [0.2, 0.25) is 0 Å². The lowest BCUT2D eigenvalue weighted by Crippen LogP contribution is -2.18. The zero-order valence-electron chi connectivity index (χ0n) is 5.25. The molecule has 1 heterocycles. The Kier molecular flexibility index (Phi) is 1.78. The van der Waals surface area contributed by atoms with Gasteiger partial charge in [0.25, 0.3) is 0 Å². The van der Waals surface area contributed by atoms with Crippen LogP contribution in [0.5, 0.6) is 0 Å². The van der Waals surface area contributed by atoms with Gasteiger partial charge >= 0.3 is 0 Å². The van der Waals surface area contributed by atoms with Crippen molar-refractivity contribution in [1.82, 2.24) is 0 Å². The Hall–Kier alpha value is -0.480. The molecule has 0 aliphatic carbocycles. The number of aliphatic hydroxyl groups is 1. The average molecular weight is 129 g/mol. The molecule has 0 amide bonds. The van der Waals surface area contributed by atoms with Crippen molar-refractivity contribution in [2.24, 2.45) is 16.0 Å². The normalized spacial score (nSPS) is 20.2. The molecular weight excluding hydrogens is 118 g/mol. The molecule has 0 fully saturated rings. The number of nitrogens with zero attached hydrogens (tertiary/aromatic N) is 2. The second-order valence-electron chi connectivity index (χ2n) is 2.19. The fraction of sp³-hybridized carbons (Fsp3) is 1.00. The number of hydrogen-bond donors (Lipinski definition) is 2. The predicted octanol–water partition coefficient (Wildman–Crippen LogP) is -0.120. The van der Waals surface area contributed by atoms with Crippen LogP contribution in [0.4, 0.5) is 0 Å². The van der Waals surface area contributed by atoms with Gasteiger partial charge in [-0.25, -0.2) is 0 Å². The maximum absolute atomic E-state index is 8.51. The zero-order valence-corrected chi connectivity index (χ0v) is 5.25. The molecule has 0 spiro atoms. The van der Waals surface area contributed by atoms with E-state index in [4.69, 9.17) is 10.8 Å². The Bertz CT molecular complexity index is 109. The summed E-state index contributed by atoms with van der Waals surface area (Å²) in [7, 11) is 0. The molecule has 0 aromatic carbocycles. The molecule has 0 radical (unpaired) electrons. The molecule has 0 saturated heterocycles. The van der Waals surface area contributed by atoms with Gasteiger partial charge in [0.1, 0.15) is 0 Å². The van der Waals surface area contributed by atoms with E-state index in [1.54, 1.807) is 0 Å².